The molecule has 1 rings (SSSR count). The molecule has 0 radical (unpaired) electrons. The Morgan fingerprint density at radius 1 is 1.44 bits per heavy atom. The van der Waals surface area contributed by atoms with E-state index in [0.717, 1.165) is 6.42 Å². The number of hydrogen-bond donors (Lipinski definition) is 1. The van der Waals surface area contributed by atoms with Crippen LogP contribution in [0.4, 0.5) is 0 Å². The van der Waals surface area contributed by atoms with Crippen LogP contribution in [0.1, 0.15) is 19.3 Å². The minimum Gasteiger partial charge on any atom is -0.382 e. The molecule has 0 saturated heterocycles. The zero-order valence-electron chi connectivity index (χ0n) is 9.62. The first-order valence-corrected chi connectivity index (χ1v) is 5.51. The van der Waals surface area contributed by atoms with E-state index in [1.54, 1.807) is 7.11 Å². The number of methoxy groups -OCH3 is 1. The van der Waals surface area contributed by atoms with Gasteiger partial charge in [-0.25, -0.2) is 0 Å². The second kappa shape index (κ2) is 6.46. The highest BCUT2D eigenvalue weighted by Crippen LogP contribution is 2.40. The van der Waals surface area contributed by atoms with E-state index in [9.17, 15) is 4.79 Å². The summed E-state index contributed by atoms with van der Waals surface area (Å²) in [5.41, 5.74) is -0.757. The van der Waals surface area contributed by atoms with Gasteiger partial charge in [-0.3, -0.25) is 4.79 Å². The van der Waals surface area contributed by atoms with E-state index in [1.165, 1.54) is 0 Å². The minimum absolute atomic E-state index is 0.156. The van der Waals surface area contributed by atoms with Gasteiger partial charge < -0.3 is 14.8 Å². The Kier molecular flexibility index (Phi) is 5.23. The predicted molar refractivity (Wildman–Crippen MR) is 57.6 cm³/mol. The summed E-state index contributed by atoms with van der Waals surface area (Å²) >= 11 is 0. The van der Waals surface area contributed by atoms with Crippen LogP contribution in [0.2, 0.25) is 0 Å². The van der Waals surface area contributed by atoms with Gasteiger partial charge in [0.05, 0.1) is 25.9 Å². The number of rotatable bonds is 7. The van der Waals surface area contributed by atoms with Gasteiger partial charge in [0, 0.05) is 13.7 Å². The van der Waals surface area contributed by atoms with Gasteiger partial charge in [0.25, 0.3) is 0 Å². The summed E-state index contributed by atoms with van der Waals surface area (Å²) < 4.78 is 10.0. The summed E-state index contributed by atoms with van der Waals surface area (Å²) in [5.74, 6) is -0.156. The first kappa shape index (κ1) is 12.9. The Bertz CT molecular complexity index is 269. The van der Waals surface area contributed by atoms with Gasteiger partial charge >= 0.3 is 0 Å². The molecule has 1 saturated carbocycles. The predicted octanol–water partition coefficient (Wildman–Crippen LogP) is 0.459. The van der Waals surface area contributed by atoms with Crippen molar-refractivity contribution in [3.8, 4) is 6.07 Å². The maximum Gasteiger partial charge on any atom is 0.240 e. The largest absolute Gasteiger partial charge is 0.382 e. The molecule has 5 nitrogen and oxygen atoms in total. The lowest BCUT2D eigenvalue weighted by Crippen LogP contribution is -2.45. The van der Waals surface area contributed by atoms with Crippen molar-refractivity contribution < 1.29 is 14.3 Å². The molecule has 0 aromatic rings. The quantitative estimate of drug-likeness (QED) is 0.640. The minimum atomic E-state index is -0.757. The number of nitriles is 1. The van der Waals surface area contributed by atoms with Crippen molar-refractivity contribution in [2.75, 3.05) is 33.5 Å². The van der Waals surface area contributed by atoms with E-state index < -0.39 is 5.41 Å². The molecule has 0 atom stereocenters. The van der Waals surface area contributed by atoms with E-state index in [0.29, 0.717) is 39.2 Å². The van der Waals surface area contributed by atoms with Crippen LogP contribution in [0.3, 0.4) is 0 Å². The van der Waals surface area contributed by atoms with Crippen LogP contribution in [0.5, 0.6) is 0 Å². The van der Waals surface area contributed by atoms with Crippen molar-refractivity contribution in [3.63, 3.8) is 0 Å². The lowest BCUT2D eigenvalue weighted by Gasteiger charge is -2.33. The summed E-state index contributed by atoms with van der Waals surface area (Å²) in [7, 11) is 1.61. The molecule has 1 amide bonds. The smallest absolute Gasteiger partial charge is 0.240 e. The van der Waals surface area contributed by atoms with E-state index in [2.05, 4.69) is 11.4 Å². The fourth-order valence-corrected chi connectivity index (χ4v) is 1.57. The molecular weight excluding hydrogens is 208 g/mol. The normalized spacial score (nSPS) is 17.2. The Balaban J connectivity index is 2.09. The van der Waals surface area contributed by atoms with Crippen LogP contribution < -0.4 is 5.32 Å². The lowest BCUT2D eigenvalue weighted by atomic mass is 9.69. The van der Waals surface area contributed by atoms with Crippen LogP contribution in [-0.2, 0) is 14.3 Å². The third-order valence-electron chi connectivity index (χ3n) is 2.82. The maximum atomic E-state index is 11.7. The maximum absolute atomic E-state index is 11.7. The fraction of sp³-hybridized carbons (Fsp3) is 0.818. The zero-order chi connectivity index (χ0) is 11.9. The molecule has 1 N–H and O–H groups in total. The Hall–Kier alpha value is -1.12. The molecule has 16 heavy (non-hydrogen) atoms. The molecule has 90 valence electrons. The standard InChI is InChI=1S/C11H18N2O3/c1-15-7-8-16-6-5-13-10(14)11(9-12)3-2-4-11/h2-8H2,1H3,(H,13,14). The molecule has 5 heteroatoms. The van der Waals surface area contributed by atoms with Gasteiger partial charge in [-0.05, 0) is 19.3 Å². The molecule has 0 aromatic carbocycles. The first-order chi connectivity index (χ1) is 7.75. The van der Waals surface area contributed by atoms with Crippen LogP contribution in [0.15, 0.2) is 0 Å². The molecular formula is C11H18N2O3. The highest BCUT2D eigenvalue weighted by molar-refractivity contribution is 5.86. The number of nitrogens with one attached hydrogen (secondary N) is 1. The van der Waals surface area contributed by atoms with E-state index in [-0.39, 0.29) is 5.91 Å². The van der Waals surface area contributed by atoms with Crippen molar-refractivity contribution in [3.05, 3.63) is 0 Å². The van der Waals surface area contributed by atoms with Crippen LogP contribution >= 0.6 is 0 Å². The SMILES string of the molecule is COCCOCCNC(=O)C1(C#N)CCC1. The van der Waals surface area contributed by atoms with Crippen LogP contribution in [-0.4, -0.2) is 39.4 Å². The second-order valence-electron chi connectivity index (χ2n) is 3.91. The number of carbonyl (C=O) groups is 1. The molecule has 0 spiro atoms. The molecule has 0 aromatic heterocycles. The van der Waals surface area contributed by atoms with Crippen molar-refractivity contribution >= 4 is 5.91 Å². The summed E-state index contributed by atoms with van der Waals surface area (Å²) in [6.45, 7) is 1.98. The molecule has 0 unspecified atom stereocenters. The highest BCUT2D eigenvalue weighted by Gasteiger charge is 2.44. The van der Waals surface area contributed by atoms with Gasteiger partial charge in [0.1, 0.15) is 5.41 Å². The summed E-state index contributed by atoms with van der Waals surface area (Å²) in [5, 5.41) is 11.6. The summed E-state index contributed by atoms with van der Waals surface area (Å²) in [4.78, 5) is 11.7. The van der Waals surface area contributed by atoms with E-state index in [4.69, 9.17) is 14.7 Å². The Labute approximate surface area is 95.7 Å². The van der Waals surface area contributed by atoms with Gasteiger partial charge in [0.2, 0.25) is 5.91 Å². The van der Waals surface area contributed by atoms with Crippen molar-refractivity contribution in [1.29, 1.82) is 5.26 Å². The van der Waals surface area contributed by atoms with Gasteiger partial charge in [-0.15, -0.1) is 0 Å². The number of ether oxygens (including phenoxy) is 2. The van der Waals surface area contributed by atoms with Crippen LogP contribution in [0.25, 0.3) is 0 Å². The average Bonchev–Trinajstić information content (AvgIpc) is 2.22. The number of nitrogens with zero attached hydrogens (tertiary/aromatic N) is 1. The number of carbonyl (C=O) groups excluding carboxylic acids is 1. The molecule has 0 aliphatic heterocycles. The third-order valence-corrected chi connectivity index (χ3v) is 2.82. The molecule has 1 aliphatic rings. The monoisotopic (exact) mass is 226 g/mol. The van der Waals surface area contributed by atoms with Gasteiger partial charge in [0.15, 0.2) is 0 Å². The highest BCUT2D eigenvalue weighted by atomic mass is 16.5. The van der Waals surface area contributed by atoms with Crippen molar-refractivity contribution in [2.24, 2.45) is 5.41 Å². The summed E-state index contributed by atoms with van der Waals surface area (Å²) in [6, 6.07) is 2.10. The van der Waals surface area contributed by atoms with E-state index >= 15 is 0 Å². The average molecular weight is 226 g/mol. The van der Waals surface area contributed by atoms with Gasteiger partial charge in [-0.2, -0.15) is 5.26 Å². The third kappa shape index (κ3) is 3.19. The molecule has 0 bridgehead atoms. The first-order valence-electron chi connectivity index (χ1n) is 5.51. The molecule has 1 aliphatic carbocycles. The number of amides is 1. The van der Waals surface area contributed by atoms with E-state index in [1.807, 2.05) is 0 Å². The number of hydrogen-bond acceptors (Lipinski definition) is 4. The summed E-state index contributed by atoms with van der Waals surface area (Å²) in [6.07, 6.45) is 2.32. The fourth-order valence-electron chi connectivity index (χ4n) is 1.57. The van der Waals surface area contributed by atoms with Crippen molar-refractivity contribution in [1.82, 2.24) is 5.32 Å². The Morgan fingerprint density at radius 3 is 2.69 bits per heavy atom. The van der Waals surface area contributed by atoms with Crippen molar-refractivity contribution in [2.45, 2.75) is 19.3 Å². The zero-order valence-corrected chi connectivity index (χ0v) is 9.62. The molecule has 1 fully saturated rings. The lowest BCUT2D eigenvalue weighted by molar-refractivity contribution is -0.132. The van der Waals surface area contributed by atoms with Gasteiger partial charge in [-0.1, -0.05) is 0 Å². The molecule has 0 heterocycles. The second-order valence-corrected chi connectivity index (χ2v) is 3.91. The topological polar surface area (TPSA) is 71.3 Å². The Morgan fingerprint density at radius 2 is 2.19 bits per heavy atom. The van der Waals surface area contributed by atoms with Crippen LogP contribution in [0, 0.1) is 16.7 Å².